The normalized spacial score (nSPS) is 11.0. The summed E-state index contributed by atoms with van der Waals surface area (Å²) in [5.41, 5.74) is 1.11. The van der Waals surface area contributed by atoms with Gasteiger partial charge in [0.25, 0.3) is 0 Å². The lowest BCUT2D eigenvalue weighted by Crippen LogP contribution is -2.38. The Kier molecular flexibility index (Phi) is 10.1. The summed E-state index contributed by atoms with van der Waals surface area (Å²) in [5, 5.41) is 6.53. The van der Waals surface area contributed by atoms with Crippen LogP contribution >= 0.6 is 24.0 Å². The summed E-state index contributed by atoms with van der Waals surface area (Å²) in [6.07, 6.45) is 7.35. The number of aromatic nitrogens is 2. The van der Waals surface area contributed by atoms with E-state index in [0.717, 1.165) is 50.5 Å². The SMILES string of the molecule is CCNC(=NCCCn1ccnc1)NCCc1ccc(F)cc1.I. The molecule has 2 rings (SSSR count). The van der Waals surface area contributed by atoms with Gasteiger partial charge in [0.2, 0.25) is 0 Å². The van der Waals surface area contributed by atoms with Gasteiger partial charge in [0.15, 0.2) is 5.96 Å². The molecule has 0 spiro atoms. The first kappa shape index (κ1) is 20.4. The number of hydrogen-bond acceptors (Lipinski definition) is 2. The van der Waals surface area contributed by atoms with Crippen molar-refractivity contribution < 1.29 is 4.39 Å². The molecule has 0 radical (unpaired) electrons. The monoisotopic (exact) mass is 445 g/mol. The number of hydrogen-bond donors (Lipinski definition) is 2. The van der Waals surface area contributed by atoms with E-state index in [1.807, 2.05) is 36.1 Å². The third kappa shape index (κ3) is 7.76. The molecule has 2 aromatic rings. The van der Waals surface area contributed by atoms with Gasteiger partial charge >= 0.3 is 0 Å². The molecule has 1 aromatic carbocycles. The Bertz CT molecular complexity index is 584. The van der Waals surface area contributed by atoms with E-state index < -0.39 is 0 Å². The molecule has 1 aromatic heterocycles. The van der Waals surface area contributed by atoms with E-state index in [0.29, 0.717) is 0 Å². The molecule has 0 amide bonds. The van der Waals surface area contributed by atoms with E-state index >= 15 is 0 Å². The number of guanidine groups is 1. The van der Waals surface area contributed by atoms with E-state index in [4.69, 9.17) is 0 Å². The van der Waals surface area contributed by atoms with Crippen molar-refractivity contribution in [3.63, 3.8) is 0 Å². The van der Waals surface area contributed by atoms with Crippen LogP contribution in [0.4, 0.5) is 4.39 Å². The molecule has 132 valence electrons. The quantitative estimate of drug-likeness (QED) is 0.285. The fraction of sp³-hybridized carbons (Fsp3) is 0.412. The highest BCUT2D eigenvalue weighted by Gasteiger charge is 1.98. The van der Waals surface area contributed by atoms with Crippen LogP contribution in [-0.2, 0) is 13.0 Å². The second-order valence-corrected chi connectivity index (χ2v) is 5.22. The summed E-state index contributed by atoms with van der Waals surface area (Å²) >= 11 is 0. The number of nitrogens with zero attached hydrogens (tertiary/aromatic N) is 3. The smallest absolute Gasteiger partial charge is 0.191 e. The molecule has 0 unspecified atom stereocenters. The molecule has 5 nitrogen and oxygen atoms in total. The molecule has 2 N–H and O–H groups in total. The minimum atomic E-state index is -0.200. The molecule has 7 heteroatoms. The van der Waals surface area contributed by atoms with Crippen molar-refractivity contribution in [2.24, 2.45) is 4.99 Å². The van der Waals surface area contributed by atoms with E-state index in [9.17, 15) is 4.39 Å². The first-order valence-electron chi connectivity index (χ1n) is 8.00. The number of halogens is 2. The summed E-state index contributed by atoms with van der Waals surface area (Å²) in [4.78, 5) is 8.58. The molecule has 0 aliphatic rings. The predicted molar refractivity (Wildman–Crippen MR) is 106 cm³/mol. The minimum absolute atomic E-state index is 0. The summed E-state index contributed by atoms with van der Waals surface area (Å²) in [5.74, 6) is 0.620. The number of nitrogens with one attached hydrogen (secondary N) is 2. The first-order valence-corrected chi connectivity index (χ1v) is 8.00. The van der Waals surface area contributed by atoms with Crippen molar-refractivity contribution in [2.75, 3.05) is 19.6 Å². The van der Waals surface area contributed by atoms with Gasteiger partial charge in [0.05, 0.1) is 6.33 Å². The zero-order valence-corrected chi connectivity index (χ0v) is 16.2. The molecule has 0 atom stereocenters. The number of benzene rings is 1. The van der Waals surface area contributed by atoms with Crippen molar-refractivity contribution in [3.05, 3.63) is 54.4 Å². The maximum absolute atomic E-state index is 12.9. The summed E-state index contributed by atoms with van der Waals surface area (Å²) in [6, 6.07) is 6.61. The van der Waals surface area contributed by atoms with Crippen LogP contribution in [0.5, 0.6) is 0 Å². The lowest BCUT2D eigenvalue weighted by atomic mass is 10.1. The third-order valence-electron chi connectivity index (χ3n) is 3.37. The number of imidazole rings is 1. The highest BCUT2D eigenvalue weighted by atomic mass is 127. The second kappa shape index (κ2) is 11.8. The zero-order chi connectivity index (χ0) is 16.3. The van der Waals surface area contributed by atoms with Gasteiger partial charge in [0.1, 0.15) is 5.82 Å². The fourth-order valence-corrected chi connectivity index (χ4v) is 2.18. The molecule has 0 aliphatic heterocycles. The molecular weight excluding hydrogens is 420 g/mol. The van der Waals surface area contributed by atoms with Crippen LogP contribution in [0, 0.1) is 5.82 Å². The van der Waals surface area contributed by atoms with Gasteiger partial charge in [-0.2, -0.15) is 0 Å². The molecular formula is C17H25FIN5. The van der Waals surface area contributed by atoms with Crippen LogP contribution in [0.3, 0.4) is 0 Å². The van der Waals surface area contributed by atoms with Crippen LogP contribution in [0.2, 0.25) is 0 Å². The number of aliphatic imine (C=N–C) groups is 1. The van der Waals surface area contributed by atoms with Gasteiger partial charge < -0.3 is 15.2 Å². The van der Waals surface area contributed by atoms with E-state index in [2.05, 4.69) is 20.6 Å². The summed E-state index contributed by atoms with van der Waals surface area (Å²) in [7, 11) is 0. The first-order chi connectivity index (χ1) is 11.3. The zero-order valence-electron chi connectivity index (χ0n) is 13.9. The molecule has 1 heterocycles. The standard InChI is InChI=1S/C17H24FN5.HI/c1-2-20-17(21-9-3-12-23-13-11-19-14-23)22-10-8-15-4-6-16(18)7-5-15;/h4-7,11,13-14H,2-3,8-10,12H2,1H3,(H2,20,21,22);1H. The second-order valence-electron chi connectivity index (χ2n) is 5.22. The Morgan fingerprint density at radius 2 is 2.04 bits per heavy atom. The summed E-state index contributed by atoms with van der Waals surface area (Å²) < 4.78 is 14.9. The maximum Gasteiger partial charge on any atom is 0.191 e. The Morgan fingerprint density at radius 1 is 1.25 bits per heavy atom. The van der Waals surface area contributed by atoms with E-state index in [1.54, 1.807) is 6.20 Å². The van der Waals surface area contributed by atoms with E-state index in [-0.39, 0.29) is 29.8 Å². The van der Waals surface area contributed by atoms with Crippen molar-refractivity contribution >= 4 is 29.9 Å². The Labute approximate surface area is 159 Å². The Balaban J connectivity index is 0.00000288. The number of rotatable bonds is 8. The van der Waals surface area contributed by atoms with Gasteiger partial charge in [0, 0.05) is 38.6 Å². The van der Waals surface area contributed by atoms with Crippen LogP contribution in [0.1, 0.15) is 18.9 Å². The lowest BCUT2D eigenvalue weighted by Gasteiger charge is -2.11. The predicted octanol–water partition coefficient (Wildman–Crippen LogP) is 2.83. The Hall–Kier alpha value is -1.64. The highest BCUT2D eigenvalue weighted by Crippen LogP contribution is 2.02. The molecule has 0 bridgehead atoms. The lowest BCUT2D eigenvalue weighted by molar-refractivity contribution is 0.626. The largest absolute Gasteiger partial charge is 0.357 e. The average Bonchev–Trinajstić information content (AvgIpc) is 3.07. The topological polar surface area (TPSA) is 54.2 Å². The van der Waals surface area contributed by atoms with E-state index in [1.165, 1.54) is 12.1 Å². The molecule has 0 fully saturated rings. The van der Waals surface area contributed by atoms with Crippen LogP contribution in [0.15, 0.2) is 48.0 Å². The van der Waals surface area contributed by atoms with Crippen molar-refractivity contribution in [1.29, 1.82) is 0 Å². The van der Waals surface area contributed by atoms with Crippen LogP contribution in [-0.4, -0.2) is 35.1 Å². The Morgan fingerprint density at radius 3 is 2.71 bits per heavy atom. The molecule has 0 saturated heterocycles. The fourth-order valence-electron chi connectivity index (χ4n) is 2.18. The van der Waals surface area contributed by atoms with Crippen molar-refractivity contribution in [2.45, 2.75) is 26.3 Å². The van der Waals surface area contributed by atoms with Crippen molar-refractivity contribution in [3.8, 4) is 0 Å². The van der Waals surface area contributed by atoms with Gasteiger partial charge in [-0.3, -0.25) is 4.99 Å². The molecule has 0 saturated carbocycles. The number of aryl methyl sites for hydroxylation is 1. The minimum Gasteiger partial charge on any atom is -0.357 e. The molecule has 0 aliphatic carbocycles. The average molecular weight is 445 g/mol. The highest BCUT2D eigenvalue weighted by molar-refractivity contribution is 14.0. The van der Waals surface area contributed by atoms with Gasteiger partial charge in [-0.15, -0.1) is 24.0 Å². The summed E-state index contributed by atoms with van der Waals surface area (Å²) in [6.45, 7) is 5.30. The third-order valence-corrected chi connectivity index (χ3v) is 3.37. The van der Waals surface area contributed by atoms with Gasteiger partial charge in [-0.25, -0.2) is 9.37 Å². The van der Waals surface area contributed by atoms with Gasteiger partial charge in [-0.1, -0.05) is 12.1 Å². The maximum atomic E-state index is 12.9. The van der Waals surface area contributed by atoms with Crippen molar-refractivity contribution in [1.82, 2.24) is 20.2 Å². The van der Waals surface area contributed by atoms with Crippen LogP contribution < -0.4 is 10.6 Å². The molecule has 24 heavy (non-hydrogen) atoms. The van der Waals surface area contributed by atoms with Gasteiger partial charge in [-0.05, 0) is 37.5 Å². The van der Waals surface area contributed by atoms with Crippen LogP contribution in [0.25, 0.3) is 0 Å².